The van der Waals surface area contributed by atoms with Crippen LogP contribution in [-0.2, 0) is 4.79 Å². The van der Waals surface area contributed by atoms with Gasteiger partial charge < -0.3 is 9.73 Å². The molecule has 0 bridgehead atoms. The van der Waals surface area contributed by atoms with Crippen LogP contribution in [0.2, 0.25) is 0 Å². The molecule has 0 spiro atoms. The monoisotopic (exact) mass is 499 g/mol. The van der Waals surface area contributed by atoms with Crippen molar-refractivity contribution in [3.63, 3.8) is 0 Å². The molecule has 0 saturated carbocycles. The first kappa shape index (κ1) is 23.4. The van der Waals surface area contributed by atoms with Crippen LogP contribution < -0.4 is 10.7 Å². The van der Waals surface area contributed by atoms with Crippen molar-refractivity contribution in [1.29, 1.82) is 0 Å². The summed E-state index contributed by atoms with van der Waals surface area (Å²) >= 11 is 3.53. The van der Waals surface area contributed by atoms with Gasteiger partial charge in [-0.05, 0) is 54.8 Å². The fourth-order valence-corrected chi connectivity index (χ4v) is 3.70. The number of amides is 2. The van der Waals surface area contributed by atoms with E-state index in [-0.39, 0.29) is 11.5 Å². The first-order valence-electron chi connectivity index (χ1n) is 10.0. The van der Waals surface area contributed by atoms with Crippen molar-refractivity contribution in [2.24, 2.45) is 11.0 Å². The van der Waals surface area contributed by atoms with Gasteiger partial charge in [0.2, 0.25) is 0 Å². The molecule has 166 valence electrons. The smallest absolute Gasteiger partial charge is 0.262 e. The van der Waals surface area contributed by atoms with Gasteiger partial charge in [-0.2, -0.15) is 5.10 Å². The molecule has 8 heteroatoms. The van der Waals surface area contributed by atoms with Crippen LogP contribution in [0.25, 0.3) is 11.3 Å². The molecule has 0 saturated heterocycles. The lowest BCUT2D eigenvalue weighted by Gasteiger charge is -2.20. The highest BCUT2D eigenvalue weighted by molar-refractivity contribution is 9.10. The van der Waals surface area contributed by atoms with E-state index in [1.807, 2.05) is 31.2 Å². The summed E-state index contributed by atoms with van der Waals surface area (Å²) in [6, 6.07) is 14.2. The zero-order valence-corrected chi connectivity index (χ0v) is 19.4. The highest BCUT2D eigenvalue weighted by Crippen LogP contribution is 2.30. The van der Waals surface area contributed by atoms with Gasteiger partial charge in [-0.15, -0.1) is 0 Å². The van der Waals surface area contributed by atoms with Crippen LogP contribution in [0, 0.1) is 18.7 Å². The molecule has 0 radical (unpaired) electrons. The average molecular weight is 500 g/mol. The van der Waals surface area contributed by atoms with E-state index < -0.39 is 23.7 Å². The third kappa shape index (κ3) is 5.70. The van der Waals surface area contributed by atoms with Crippen molar-refractivity contribution in [3.8, 4) is 11.3 Å². The van der Waals surface area contributed by atoms with Gasteiger partial charge in [0.05, 0.1) is 11.8 Å². The second-order valence-corrected chi connectivity index (χ2v) is 8.45. The number of rotatable bonds is 7. The van der Waals surface area contributed by atoms with Crippen LogP contribution in [0.1, 0.15) is 35.5 Å². The summed E-state index contributed by atoms with van der Waals surface area (Å²) in [4.78, 5) is 24.9. The minimum Gasteiger partial charge on any atom is -0.455 e. The number of hydrazone groups is 1. The van der Waals surface area contributed by atoms with Crippen LogP contribution in [0.15, 0.2) is 68.6 Å². The number of carbonyl (C=O) groups is 2. The normalized spacial score (nSPS) is 12.2. The highest BCUT2D eigenvalue weighted by atomic mass is 79.9. The van der Waals surface area contributed by atoms with Crippen molar-refractivity contribution >= 4 is 34.0 Å². The molecule has 1 heterocycles. The number of hydrogen-bond acceptors (Lipinski definition) is 4. The lowest BCUT2D eigenvalue weighted by molar-refractivity contribution is -0.123. The van der Waals surface area contributed by atoms with Gasteiger partial charge in [0.15, 0.2) is 0 Å². The van der Waals surface area contributed by atoms with E-state index in [9.17, 15) is 14.0 Å². The van der Waals surface area contributed by atoms with Gasteiger partial charge in [-0.3, -0.25) is 9.59 Å². The molecule has 2 N–H and O–H groups in total. The maximum Gasteiger partial charge on any atom is 0.262 e. The number of halogens is 2. The standard InChI is InChI=1S/C24H23BrFN3O3/c1-14(2)22(28-23(30)18-6-4-5-7-20(18)26)24(31)29-27-13-16-9-11-21(32-16)17-10-8-15(3)12-19(17)25/h4-14,22H,1-3H3,(H,28,30)(H,29,31)/b27-13-/t22-/m0/s1. The summed E-state index contributed by atoms with van der Waals surface area (Å²) in [6.45, 7) is 5.54. The molecular formula is C24H23BrFN3O3. The first-order valence-corrected chi connectivity index (χ1v) is 10.8. The minimum atomic E-state index is -0.894. The molecule has 32 heavy (non-hydrogen) atoms. The molecule has 2 aromatic carbocycles. The van der Waals surface area contributed by atoms with Crippen molar-refractivity contribution in [1.82, 2.24) is 10.7 Å². The van der Waals surface area contributed by atoms with Crippen molar-refractivity contribution in [2.45, 2.75) is 26.8 Å². The van der Waals surface area contributed by atoms with Gasteiger partial charge >= 0.3 is 0 Å². The van der Waals surface area contributed by atoms with Crippen molar-refractivity contribution in [3.05, 3.63) is 81.8 Å². The van der Waals surface area contributed by atoms with E-state index in [0.29, 0.717) is 11.5 Å². The number of carbonyl (C=O) groups excluding carboxylic acids is 2. The number of hydrogen-bond donors (Lipinski definition) is 2. The largest absolute Gasteiger partial charge is 0.455 e. The molecule has 2 amide bonds. The lowest BCUT2D eigenvalue weighted by Crippen LogP contribution is -2.48. The third-order valence-electron chi connectivity index (χ3n) is 4.74. The predicted molar refractivity (Wildman–Crippen MR) is 125 cm³/mol. The predicted octanol–water partition coefficient (Wildman–Crippen LogP) is 5.06. The van der Waals surface area contributed by atoms with Crippen molar-refractivity contribution < 1.29 is 18.4 Å². The Morgan fingerprint density at radius 1 is 1.12 bits per heavy atom. The Balaban J connectivity index is 1.65. The Bertz CT molecular complexity index is 1160. The second-order valence-electron chi connectivity index (χ2n) is 7.59. The van der Waals surface area contributed by atoms with E-state index in [2.05, 4.69) is 31.8 Å². The van der Waals surface area contributed by atoms with Crippen LogP contribution >= 0.6 is 15.9 Å². The summed E-state index contributed by atoms with van der Waals surface area (Å²) in [5, 5.41) is 6.50. The van der Waals surface area contributed by atoms with E-state index in [0.717, 1.165) is 15.6 Å². The zero-order valence-electron chi connectivity index (χ0n) is 17.9. The Hall–Kier alpha value is -3.26. The van der Waals surface area contributed by atoms with Gasteiger partial charge in [-0.1, -0.05) is 48.0 Å². The second kappa shape index (κ2) is 10.4. The number of aryl methyl sites for hydroxylation is 1. The number of benzene rings is 2. The summed E-state index contributed by atoms with van der Waals surface area (Å²) in [5.41, 5.74) is 4.30. The van der Waals surface area contributed by atoms with Crippen LogP contribution in [0.3, 0.4) is 0 Å². The molecule has 1 atom stereocenters. The number of nitrogens with zero attached hydrogens (tertiary/aromatic N) is 1. The van der Waals surface area contributed by atoms with E-state index >= 15 is 0 Å². The molecule has 1 aromatic heterocycles. The Morgan fingerprint density at radius 3 is 2.56 bits per heavy atom. The first-order chi connectivity index (χ1) is 15.3. The summed E-state index contributed by atoms with van der Waals surface area (Å²) in [5.74, 6) is -0.977. The van der Waals surface area contributed by atoms with Crippen LogP contribution in [-0.4, -0.2) is 24.1 Å². The molecule has 0 aliphatic carbocycles. The summed E-state index contributed by atoms with van der Waals surface area (Å²) < 4.78 is 20.5. The fraction of sp³-hybridized carbons (Fsp3) is 0.208. The van der Waals surface area contributed by atoms with E-state index in [1.54, 1.807) is 26.0 Å². The van der Waals surface area contributed by atoms with Gasteiger partial charge in [-0.25, -0.2) is 9.82 Å². The van der Waals surface area contributed by atoms with Gasteiger partial charge in [0, 0.05) is 10.0 Å². The molecule has 0 unspecified atom stereocenters. The number of furan rings is 1. The Labute approximate surface area is 194 Å². The van der Waals surface area contributed by atoms with Crippen LogP contribution in [0.5, 0.6) is 0 Å². The molecular weight excluding hydrogens is 477 g/mol. The molecule has 6 nitrogen and oxygen atoms in total. The molecule has 0 aliphatic heterocycles. The fourth-order valence-electron chi connectivity index (χ4n) is 3.02. The quantitative estimate of drug-likeness (QED) is 0.352. The molecule has 3 aromatic rings. The van der Waals surface area contributed by atoms with Gasteiger partial charge in [0.25, 0.3) is 11.8 Å². The zero-order chi connectivity index (χ0) is 23.3. The van der Waals surface area contributed by atoms with Crippen molar-refractivity contribution in [2.75, 3.05) is 0 Å². The Morgan fingerprint density at radius 2 is 1.88 bits per heavy atom. The van der Waals surface area contributed by atoms with Gasteiger partial charge in [0.1, 0.15) is 23.4 Å². The maximum absolute atomic E-state index is 13.9. The van der Waals surface area contributed by atoms with E-state index in [1.165, 1.54) is 24.4 Å². The molecule has 0 aliphatic rings. The topological polar surface area (TPSA) is 83.7 Å². The Kier molecular flexibility index (Phi) is 7.58. The molecule has 3 rings (SSSR count). The minimum absolute atomic E-state index is 0.125. The van der Waals surface area contributed by atoms with E-state index in [4.69, 9.17) is 4.42 Å². The maximum atomic E-state index is 13.9. The average Bonchev–Trinajstić information content (AvgIpc) is 3.20. The third-order valence-corrected chi connectivity index (χ3v) is 5.39. The summed E-state index contributed by atoms with van der Waals surface area (Å²) in [6.07, 6.45) is 1.37. The molecule has 0 fully saturated rings. The highest BCUT2D eigenvalue weighted by Gasteiger charge is 2.25. The number of nitrogens with one attached hydrogen (secondary N) is 2. The summed E-state index contributed by atoms with van der Waals surface area (Å²) in [7, 11) is 0. The lowest BCUT2D eigenvalue weighted by atomic mass is 10.0. The van der Waals surface area contributed by atoms with Crippen LogP contribution in [0.4, 0.5) is 4.39 Å². The SMILES string of the molecule is Cc1ccc(-c2ccc(/C=N\NC(=O)[C@@H](NC(=O)c3ccccc3F)C(C)C)o2)c(Br)c1.